The van der Waals surface area contributed by atoms with Gasteiger partial charge in [0.05, 0.1) is 27.5 Å². The van der Waals surface area contributed by atoms with Crippen molar-refractivity contribution in [2.75, 3.05) is 0 Å². The van der Waals surface area contributed by atoms with Gasteiger partial charge in [-0.05, 0) is 36.1 Å². The number of hydrogen-bond donors (Lipinski definition) is 1. The van der Waals surface area contributed by atoms with Crippen molar-refractivity contribution in [1.82, 2.24) is 10.4 Å². The van der Waals surface area contributed by atoms with E-state index in [1.54, 1.807) is 12.1 Å². The van der Waals surface area contributed by atoms with Crippen molar-refractivity contribution in [2.45, 2.75) is 33.1 Å². The fraction of sp³-hybridized carbons (Fsp3) is 0.179. The summed E-state index contributed by atoms with van der Waals surface area (Å²) in [5.41, 5.74) is 8.57. The Morgan fingerprint density at radius 2 is 1.73 bits per heavy atom. The molecule has 1 heterocycles. The number of para-hydroxylation sites is 1. The molecule has 0 saturated heterocycles. The Hall–Kier alpha value is -3.50. The van der Waals surface area contributed by atoms with Crippen LogP contribution in [0.25, 0.3) is 22.2 Å². The van der Waals surface area contributed by atoms with E-state index in [-0.39, 0.29) is 5.91 Å². The van der Waals surface area contributed by atoms with Crippen molar-refractivity contribution in [1.29, 1.82) is 0 Å². The Morgan fingerprint density at radius 1 is 0.970 bits per heavy atom. The third kappa shape index (κ3) is 5.12. The van der Waals surface area contributed by atoms with Crippen molar-refractivity contribution in [3.63, 3.8) is 0 Å². The molecule has 4 rings (SSSR count). The molecule has 5 heteroatoms. The van der Waals surface area contributed by atoms with E-state index >= 15 is 0 Å². The molecule has 1 N–H and O–H groups in total. The topological polar surface area (TPSA) is 54.4 Å². The maximum absolute atomic E-state index is 13.3. The number of rotatable bonds is 7. The maximum atomic E-state index is 13.3. The van der Waals surface area contributed by atoms with Gasteiger partial charge in [0.2, 0.25) is 0 Å². The summed E-state index contributed by atoms with van der Waals surface area (Å²) in [7, 11) is 0. The molecule has 0 radical (unpaired) electrons. The summed E-state index contributed by atoms with van der Waals surface area (Å²) in [6.07, 6.45) is 2.86. The Morgan fingerprint density at radius 3 is 2.42 bits per heavy atom. The van der Waals surface area contributed by atoms with Crippen molar-refractivity contribution < 1.29 is 4.79 Å². The first-order valence-electron chi connectivity index (χ1n) is 11.2. The zero-order valence-electron chi connectivity index (χ0n) is 18.8. The highest BCUT2D eigenvalue weighted by Gasteiger charge is 2.16. The molecule has 33 heavy (non-hydrogen) atoms. The second kappa shape index (κ2) is 10.4. The standard InChI is InChI=1S/C28H26ClN3O/c1-3-9-19-14-16-21(17-15-19)25(4-2)31-32-28(33)23-18-26(20-10-6-5-7-11-20)30-27-22(23)12-8-13-24(27)29/h5-8,10-18H,3-4,9H2,1-2H3,(H,32,33)/b31-25+. The fourth-order valence-corrected chi connectivity index (χ4v) is 4.05. The van der Waals surface area contributed by atoms with Gasteiger partial charge in [-0.3, -0.25) is 4.79 Å². The van der Waals surface area contributed by atoms with Crippen LogP contribution in [0.3, 0.4) is 0 Å². The van der Waals surface area contributed by atoms with Gasteiger partial charge in [0.15, 0.2) is 0 Å². The summed E-state index contributed by atoms with van der Waals surface area (Å²) < 4.78 is 0. The fourth-order valence-electron chi connectivity index (χ4n) is 3.84. The molecule has 0 bridgehead atoms. The van der Waals surface area contributed by atoms with E-state index in [0.717, 1.165) is 29.7 Å². The number of carbonyl (C=O) groups excluding carboxylic acids is 1. The molecular formula is C28H26ClN3O. The number of nitrogens with zero attached hydrogens (tertiary/aromatic N) is 2. The quantitative estimate of drug-likeness (QED) is 0.239. The molecule has 3 aromatic carbocycles. The zero-order valence-corrected chi connectivity index (χ0v) is 19.6. The Bertz CT molecular complexity index is 1300. The number of hydrazone groups is 1. The van der Waals surface area contributed by atoms with E-state index in [2.05, 4.69) is 41.7 Å². The molecule has 0 unspecified atom stereocenters. The highest BCUT2D eigenvalue weighted by Crippen LogP contribution is 2.29. The molecule has 4 aromatic rings. The van der Waals surface area contributed by atoms with Gasteiger partial charge in [0, 0.05) is 10.9 Å². The normalized spacial score (nSPS) is 11.5. The number of halogens is 1. The third-order valence-electron chi connectivity index (χ3n) is 5.56. The number of pyridine rings is 1. The summed E-state index contributed by atoms with van der Waals surface area (Å²) in [5.74, 6) is -0.296. The molecule has 4 nitrogen and oxygen atoms in total. The predicted octanol–water partition coefficient (Wildman–Crippen LogP) is 7.05. The lowest BCUT2D eigenvalue weighted by molar-refractivity contribution is 0.0956. The average Bonchev–Trinajstić information content (AvgIpc) is 2.85. The smallest absolute Gasteiger partial charge is 0.267 e. The predicted molar refractivity (Wildman–Crippen MR) is 137 cm³/mol. The van der Waals surface area contributed by atoms with Crippen LogP contribution in [0, 0.1) is 0 Å². The first kappa shape index (κ1) is 22.7. The number of carbonyl (C=O) groups is 1. The highest BCUT2D eigenvalue weighted by molar-refractivity contribution is 6.35. The number of amides is 1. The van der Waals surface area contributed by atoms with Crippen molar-refractivity contribution >= 4 is 34.1 Å². The van der Waals surface area contributed by atoms with Crippen LogP contribution in [0.5, 0.6) is 0 Å². The minimum absolute atomic E-state index is 0.296. The molecule has 0 atom stereocenters. The number of aromatic nitrogens is 1. The lowest BCUT2D eigenvalue weighted by atomic mass is 10.0. The number of hydrogen-bond acceptors (Lipinski definition) is 3. The van der Waals surface area contributed by atoms with Gasteiger partial charge in [0.1, 0.15) is 0 Å². The molecule has 0 saturated carbocycles. The number of benzene rings is 3. The van der Waals surface area contributed by atoms with Gasteiger partial charge in [0.25, 0.3) is 5.91 Å². The van der Waals surface area contributed by atoms with Gasteiger partial charge in [-0.1, -0.05) is 98.6 Å². The average molecular weight is 456 g/mol. The maximum Gasteiger partial charge on any atom is 0.272 e. The molecule has 1 aromatic heterocycles. The summed E-state index contributed by atoms with van der Waals surface area (Å²) in [6.45, 7) is 4.20. The lowest BCUT2D eigenvalue weighted by Crippen LogP contribution is -2.20. The third-order valence-corrected chi connectivity index (χ3v) is 5.86. The molecule has 1 amide bonds. The van der Waals surface area contributed by atoms with Crippen molar-refractivity contribution in [3.8, 4) is 11.3 Å². The van der Waals surface area contributed by atoms with Crippen molar-refractivity contribution in [3.05, 3.63) is 101 Å². The largest absolute Gasteiger partial charge is 0.272 e. The Labute approximate surface area is 199 Å². The van der Waals surface area contributed by atoms with Crippen LogP contribution in [0.15, 0.2) is 84.0 Å². The SMILES string of the molecule is CCCc1ccc(/C(CC)=N/NC(=O)c2cc(-c3ccccc3)nc3c(Cl)cccc23)cc1. The van der Waals surface area contributed by atoms with E-state index in [4.69, 9.17) is 16.6 Å². The second-order valence-corrected chi connectivity index (χ2v) is 8.26. The van der Waals surface area contributed by atoms with E-state index in [0.29, 0.717) is 33.6 Å². The van der Waals surface area contributed by atoms with E-state index in [1.807, 2.05) is 49.4 Å². The second-order valence-electron chi connectivity index (χ2n) is 7.86. The van der Waals surface area contributed by atoms with Gasteiger partial charge in [-0.15, -0.1) is 0 Å². The molecule has 0 fully saturated rings. The Kier molecular flexibility index (Phi) is 7.16. The summed E-state index contributed by atoms with van der Waals surface area (Å²) in [4.78, 5) is 18.0. The van der Waals surface area contributed by atoms with Crippen LogP contribution in [0.2, 0.25) is 5.02 Å². The monoisotopic (exact) mass is 455 g/mol. The molecule has 0 aliphatic rings. The molecule has 0 aliphatic carbocycles. The van der Waals surface area contributed by atoms with Gasteiger partial charge < -0.3 is 0 Å². The summed E-state index contributed by atoms with van der Waals surface area (Å²) >= 11 is 6.44. The van der Waals surface area contributed by atoms with Gasteiger partial charge in [-0.2, -0.15) is 5.10 Å². The van der Waals surface area contributed by atoms with Crippen LogP contribution in [0.4, 0.5) is 0 Å². The van der Waals surface area contributed by atoms with Crippen LogP contribution >= 0.6 is 11.6 Å². The summed E-state index contributed by atoms with van der Waals surface area (Å²) in [5, 5.41) is 5.66. The van der Waals surface area contributed by atoms with Crippen LogP contribution in [0.1, 0.15) is 48.2 Å². The first-order valence-corrected chi connectivity index (χ1v) is 11.6. The number of aryl methyl sites for hydroxylation is 1. The molecule has 0 aliphatic heterocycles. The van der Waals surface area contributed by atoms with E-state index in [1.165, 1.54) is 5.56 Å². The molecule has 166 valence electrons. The van der Waals surface area contributed by atoms with Crippen LogP contribution in [-0.4, -0.2) is 16.6 Å². The zero-order chi connectivity index (χ0) is 23.2. The van der Waals surface area contributed by atoms with E-state index < -0.39 is 0 Å². The minimum Gasteiger partial charge on any atom is -0.267 e. The first-order chi connectivity index (χ1) is 16.1. The Balaban J connectivity index is 1.69. The summed E-state index contributed by atoms with van der Waals surface area (Å²) in [6, 6.07) is 25.4. The van der Waals surface area contributed by atoms with Crippen LogP contribution < -0.4 is 5.43 Å². The number of fused-ring (bicyclic) bond motifs is 1. The minimum atomic E-state index is -0.296. The number of nitrogens with one attached hydrogen (secondary N) is 1. The van der Waals surface area contributed by atoms with Crippen molar-refractivity contribution in [2.24, 2.45) is 5.10 Å². The lowest BCUT2D eigenvalue weighted by Gasteiger charge is -2.11. The van der Waals surface area contributed by atoms with E-state index in [9.17, 15) is 4.79 Å². The van der Waals surface area contributed by atoms with Gasteiger partial charge >= 0.3 is 0 Å². The van der Waals surface area contributed by atoms with Crippen LogP contribution in [-0.2, 0) is 6.42 Å². The van der Waals surface area contributed by atoms with Gasteiger partial charge in [-0.25, -0.2) is 10.4 Å². The molecular weight excluding hydrogens is 430 g/mol. The highest BCUT2D eigenvalue weighted by atomic mass is 35.5. The molecule has 0 spiro atoms.